The van der Waals surface area contributed by atoms with E-state index in [1.165, 1.54) is 5.39 Å². The van der Waals surface area contributed by atoms with Crippen molar-refractivity contribution in [3.05, 3.63) is 108 Å². The molecule has 4 nitrogen and oxygen atoms in total. The zero-order valence-corrected chi connectivity index (χ0v) is 17.7. The van der Waals surface area contributed by atoms with Crippen molar-refractivity contribution in [2.45, 2.75) is 20.5 Å². The van der Waals surface area contributed by atoms with Crippen LogP contribution in [0.1, 0.15) is 17.0 Å². The minimum absolute atomic E-state index is 0.522. The minimum Gasteiger partial charge on any atom is -0.489 e. The molecule has 0 bridgehead atoms. The average molecular weight is 408 g/mol. The topological polar surface area (TPSA) is 61.0 Å². The molecule has 31 heavy (non-hydrogen) atoms. The van der Waals surface area contributed by atoms with Crippen LogP contribution in [0.15, 0.2) is 91.0 Å². The number of benzene rings is 3. The van der Waals surface area contributed by atoms with E-state index in [2.05, 4.69) is 34.2 Å². The van der Waals surface area contributed by atoms with Gasteiger partial charge in [0, 0.05) is 33.4 Å². The zero-order chi connectivity index (χ0) is 21.6. The third-order valence-corrected chi connectivity index (χ3v) is 4.94. The van der Waals surface area contributed by atoms with Crippen molar-refractivity contribution in [1.82, 2.24) is 9.97 Å². The molecule has 2 heterocycles. The summed E-state index contributed by atoms with van der Waals surface area (Å²) in [5, 5.41) is 2.34. The third-order valence-electron chi connectivity index (χ3n) is 4.94. The van der Waals surface area contributed by atoms with Gasteiger partial charge in [0.15, 0.2) is 0 Å². The van der Waals surface area contributed by atoms with E-state index in [1.54, 1.807) is 0 Å². The number of para-hydroxylation sites is 2. The maximum Gasteiger partial charge on any atom is 0.119 e. The zero-order valence-electron chi connectivity index (χ0n) is 17.7. The number of aromatic nitrogens is 2. The number of nitrogen functional groups attached to an aromatic ring is 1. The second-order valence-electron chi connectivity index (χ2n) is 7.44. The number of rotatable bonds is 3. The van der Waals surface area contributed by atoms with Crippen LogP contribution in [0.5, 0.6) is 5.75 Å². The van der Waals surface area contributed by atoms with Crippen LogP contribution >= 0.6 is 0 Å². The number of anilines is 1. The highest BCUT2D eigenvalue weighted by Gasteiger charge is 2.04. The molecule has 0 aliphatic carbocycles. The summed E-state index contributed by atoms with van der Waals surface area (Å²) in [6, 6.07) is 29.9. The van der Waals surface area contributed by atoms with Crippen molar-refractivity contribution >= 4 is 27.5 Å². The largest absolute Gasteiger partial charge is 0.489 e. The quantitative estimate of drug-likeness (QED) is 0.359. The molecule has 0 unspecified atom stereocenters. The smallest absolute Gasteiger partial charge is 0.119 e. The van der Waals surface area contributed by atoms with Gasteiger partial charge < -0.3 is 10.5 Å². The van der Waals surface area contributed by atoms with E-state index in [1.807, 2.05) is 80.6 Å². The molecule has 2 N–H and O–H groups in total. The van der Waals surface area contributed by atoms with Gasteiger partial charge in [0.2, 0.25) is 0 Å². The number of pyridine rings is 2. The predicted octanol–water partition coefficient (Wildman–Crippen LogP) is 6.25. The number of nitrogens with two attached hydrogens (primary N) is 1. The number of nitrogens with zero attached hydrogens (tertiary/aromatic N) is 2. The van der Waals surface area contributed by atoms with Crippen LogP contribution < -0.4 is 10.5 Å². The fourth-order valence-electron chi connectivity index (χ4n) is 3.41. The summed E-state index contributed by atoms with van der Waals surface area (Å²) in [6.45, 7) is 4.53. The lowest BCUT2D eigenvalue weighted by molar-refractivity contribution is 0.307. The Labute approximate surface area is 182 Å². The lowest BCUT2D eigenvalue weighted by Crippen LogP contribution is -1.99. The second-order valence-corrected chi connectivity index (χ2v) is 7.44. The first-order chi connectivity index (χ1) is 15.1. The van der Waals surface area contributed by atoms with Crippen molar-refractivity contribution in [2.24, 2.45) is 0 Å². The summed E-state index contributed by atoms with van der Waals surface area (Å²) in [5.74, 6) is 0.817. The first kappa shape index (κ1) is 20.4. The van der Waals surface area contributed by atoms with Crippen LogP contribution in [-0.2, 0) is 6.61 Å². The molecule has 0 amide bonds. The fourth-order valence-corrected chi connectivity index (χ4v) is 3.41. The van der Waals surface area contributed by atoms with Gasteiger partial charge >= 0.3 is 0 Å². The van der Waals surface area contributed by atoms with Crippen LogP contribution in [-0.4, -0.2) is 9.97 Å². The fraction of sp³-hybridized carbons (Fsp3) is 0.111. The third kappa shape index (κ3) is 5.17. The highest BCUT2D eigenvalue weighted by Crippen LogP contribution is 2.21. The monoisotopic (exact) mass is 407 g/mol. The maximum absolute atomic E-state index is 5.83. The van der Waals surface area contributed by atoms with Gasteiger partial charge in [-0.1, -0.05) is 42.5 Å². The number of ether oxygens (including phenoxy) is 1. The number of hydrogen-bond acceptors (Lipinski definition) is 4. The normalized spacial score (nSPS) is 10.5. The van der Waals surface area contributed by atoms with E-state index < -0.39 is 0 Å². The van der Waals surface area contributed by atoms with Crippen molar-refractivity contribution in [1.29, 1.82) is 0 Å². The van der Waals surface area contributed by atoms with Crippen LogP contribution in [0.2, 0.25) is 0 Å². The highest BCUT2D eigenvalue weighted by molar-refractivity contribution is 5.82. The standard InChI is InChI=1S/C17H16N2O.C10H9N/c1-12-10-13(16-4-2-3-5-17(16)19-12)11-20-15-8-6-14(18)7-9-15;1-8-6-7-9-4-2-3-5-10(9)11-8/h2-10H,11,18H2,1H3;2-7H,1H3. The lowest BCUT2D eigenvalue weighted by Gasteiger charge is -2.10. The average Bonchev–Trinajstić information content (AvgIpc) is 2.79. The van der Waals surface area contributed by atoms with Crippen LogP contribution in [0.4, 0.5) is 5.69 Å². The number of aryl methyl sites for hydroxylation is 2. The van der Waals surface area contributed by atoms with Crippen molar-refractivity contribution < 1.29 is 4.74 Å². The van der Waals surface area contributed by atoms with E-state index in [0.29, 0.717) is 6.61 Å². The van der Waals surface area contributed by atoms with Crippen LogP contribution in [0.3, 0.4) is 0 Å². The molecular weight excluding hydrogens is 382 g/mol. The summed E-state index contributed by atoms with van der Waals surface area (Å²) in [7, 11) is 0. The Morgan fingerprint density at radius 3 is 2.19 bits per heavy atom. The Morgan fingerprint density at radius 1 is 0.710 bits per heavy atom. The molecule has 4 heteroatoms. The van der Waals surface area contributed by atoms with E-state index >= 15 is 0 Å². The molecule has 0 aliphatic heterocycles. The molecule has 154 valence electrons. The SMILES string of the molecule is Cc1cc(COc2ccc(N)cc2)c2ccccc2n1.Cc1ccc2ccccc2n1. The number of fused-ring (bicyclic) bond motifs is 2. The van der Waals surface area contributed by atoms with Gasteiger partial charge in [-0.05, 0) is 62.4 Å². The van der Waals surface area contributed by atoms with Crippen molar-refractivity contribution in [3.63, 3.8) is 0 Å². The predicted molar refractivity (Wildman–Crippen MR) is 128 cm³/mol. The van der Waals surface area contributed by atoms with Gasteiger partial charge in [-0.3, -0.25) is 9.97 Å². The van der Waals surface area contributed by atoms with E-state index in [0.717, 1.165) is 44.8 Å². The molecule has 0 saturated carbocycles. The molecule has 3 aromatic carbocycles. The Balaban J connectivity index is 0.000000177. The lowest BCUT2D eigenvalue weighted by atomic mass is 10.1. The molecule has 5 rings (SSSR count). The van der Waals surface area contributed by atoms with Crippen molar-refractivity contribution in [2.75, 3.05) is 5.73 Å². The summed E-state index contributed by atoms with van der Waals surface area (Å²) in [5.41, 5.74) is 11.7. The van der Waals surface area contributed by atoms with Gasteiger partial charge in [-0.25, -0.2) is 0 Å². The molecule has 0 fully saturated rings. The Bertz CT molecular complexity index is 1310. The first-order valence-electron chi connectivity index (χ1n) is 10.2. The molecular formula is C27H25N3O. The van der Waals surface area contributed by atoms with Gasteiger partial charge in [0.05, 0.1) is 11.0 Å². The van der Waals surface area contributed by atoms with Gasteiger partial charge in [-0.15, -0.1) is 0 Å². The molecule has 5 aromatic rings. The Morgan fingerprint density at radius 2 is 1.39 bits per heavy atom. The van der Waals surface area contributed by atoms with E-state index in [-0.39, 0.29) is 0 Å². The van der Waals surface area contributed by atoms with E-state index in [4.69, 9.17) is 10.5 Å². The molecule has 0 atom stereocenters. The summed E-state index contributed by atoms with van der Waals surface area (Å²) in [4.78, 5) is 8.91. The minimum atomic E-state index is 0.522. The Kier molecular flexibility index (Phi) is 6.08. The maximum atomic E-state index is 5.83. The van der Waals surface area contributed by atoms with Crippen LogP contribution in [0.25, 0.3) is 21.8 Å². The highest BCUT2D eigenvalue weighted by atomic mass is 16.5. The van der Waals surface area contributed by atoms with Crippen LogP contribution in [0, 0.1) is 13.8 Å². The summed E-state index contributed by atoms with van der Waals surface area (Å²) < 4.78 is 5.83. The Hall–Kier alpha value is -3.92. The summed E-state index contributed by atoms with van der Waals surface area (Å²) in [6.07, 6.45) is 0. The first-order valence-corrected chi connectivity index (χ1v) is 10.2. The van der Waals surface area contributed by atoms with Gasteiger partial charge in [-0.2, -0.15) is 0 Å². The molecule has 0 saturated heterocycles. The van der Waals surface area contributed by atoms with Crippen molar-refractivity contribution in [3.8, 4) is 5.75 Å². The molecule has 0 aliphatic rings. The summed E-state index contributed by atoms with van der Waals surface area (Å²) >= 11 is 0. The molecule has 0 spiro atoms. The van der Waals surface area contributed by atoms with Gasteiger partial charge in [0.25, 0.3) is 0 Å². The number of hydrogen-bond donors (Lipinski definition) is 1. The van der Waals surface area contributed by atoms with Gasteiger partial charge in [0.1, 0.15) is 12.4 Å². The second kappa shape index (κ2) is 9.26. The molecule has 0 radical (unpaired) electrons. The molecule has 2 aromatic heterocycles. The van der Waals surface area contributed by atoms with E-state index in [9.17, 15) is 0 Å².